The van der Waals surface area contributed by atoms with Crippen molar-refractivity contribution in [1.29, 1.82) is 0 Å². The highest BCUT2D eigenvalue weighted by atomic mass is 35.5. The highest BCUT2D eigenvalue weighted by Crippen LogP contribution is 2.39. The Kier molecular flexibility index (Phi) is 6.37. The van der Waals surface area contributed by atoms with E-state index in [1.807, 2.05) is 0 Å². The van der Waals surface area contributed by atoms with Crippen molar-refractivity contribution in [1.82, 2.24) is 0 Å². The van der Waals surface area contributed by atoms with Crippen molar-refractivity contribution in [2.24, 2.45) is 5.92 Å². The molecule has 1 atom stereocenters. The Morgan fingerprint density at radius 2 is 1.56 bits per heavy atom. The molecule has 1 aromatic carbocycles. The van der Waals surface area contributed by atoms with Gasteiger partial charge in [-0.2, -0.15) is 0 Å². The summed E-state index contributed by atoms with van der Waals surface area (Å²) in [5.74, 6) is -1.59. The summed E-state index contributed by atoms with van der Waals surface area (Å²) in [6.45, 7) is 4.16. The normalized spacial score (nSPS) is 13.1. The molecule has 0 fully saturated rings. The Bertz CT molecular complexity index is 388. The third-order valence-electron chi connectivity index (χ3n) is 3.07. The number of rotatable bonds is 6. The van der Waals surface area contributed by atoms with Crippen molar-refractivity contribution in [3.05, 3.63) is 34.4 Å². The monoisotopic (exact) mass is 294 g/mol. The van der Waals surface area contributed by atoms with Crippen LogP contribution in [0.1, 0.15) is 50.5 Å². The first kappa shape index (κ1) is 15.7. The molecule has 0 aliphatic carbocycles. The van der Waals surface area contributed by atoms with E-state index in [-0.39, 0.29) is 16.3 Å². The molecule has 0 heterocycles. The summed E-state index contributed by atoms with van der Waals surface area (Å²) in [6, 6.07) is 2.12. The zero-order valence-corrected chi connectivity index (χ0v) is 12.2. The molecular weight excluding hydrogens is 277 g/mol. The lowest BCUT2D eigenvalue weighted by atomic mass is 9.90. The first-order valence-corrected chi connectivity index (χ1v) is 7.11. The molecule has 18 heavy (non-hydrogen) atoms. The van der Waals surface area contributed by atoms with E-state index in [0.717, 1.165) is 37.8 Å². The van der Waals surface area contributed by atoms with Gasteiger partial charge in [0.1, 0.15) is 0 Å². The van der Waals surface area contributed by atoms with Gasteiger partial charge in [0.25, 0.3) is 0 Å². The van der Waals surface area contributed by atoms with Gasteiger partial charge in [-0.1, -0.05) is 38.3 Å². The van der Waals surface area contributed by atoms with E-state index in [4.69, 9.17) is 23.2 Å². The van der Waals surface area contributed by atoms with Crippen LogP contribution in [0, 0.1) is 17.6 Å². The van der Waals surface area contributed by atoms with Gasteiger partial charge in [-0.15, -0.1) is 11.6 Å². The molecule has 0 amide bonds. The van der Waals surface area contributed by atoms with Crippen molar-refractivity contribution in [2.75, 3.05) is 0 Å². The molecule has 0 N–H and O–H groups in total. The zero-order chi connectivity index (χ0) is 13.7. The third kappa shape index (κ3) is 3.83. The fourth-order valence-electron chi connectivity index (χ4n) is 2.18. The van der Waals surface area contributed by atoms with Crippen LogP contribution >= 0.6 is 23.2 Å². The Balaban J connectivity index is 3.00. The summed E-state index contributed by atoms with van der Waals surface area (Å²) >= 11 is 12.3. The van der Waals surface area contributed by atoms with Crippen molar-refractivity contribution in [3.8, 4) is 0 Å². The van der Waals surface area contributed by atoms with Crippen molar-refractivity contribution in [3.63, 3.8) is 0 Å². The molecule has 0 nitrogen and oxygen atoms in total. The maximum absolute atomic E-state index is 13.3. The van der Waals surface area contributed by atoms with Gasteiger partial charge in [-0.25, -0.2) is 8.78 Å². The summed E-state index contributed by atoms with van der Waals surface area (Å²) in [7, 11) is 0. The smallest absolute Gasteiger partial charge is 0.160 e. The number of halogens is 4. The molecule has 0 aromatic heterocycles. The molecule has 1 aromatic rings. The van der Waals surface area contributed by atoms with Crippen molar-refractivity contribution in [2.45, 2.75) is 44.9 Å². The second-order valence-corrected chi connectivity index (χ2v) is 5.40. The molecule has 0 aliphatic rings. The van der Waals surface area contributed by atoms with E-state index in [1.165, 1.54) is 0 Å². The lowest BCUT2D eigenvalue weighted by Gasteiger charge is -2.22. The Hall–Kier alpha value is -0.340. The van der Waals surface area contributed by atoms with Gasteiger partial charge in [0.15, 0.2) is 11.6 Å². The average Bonchev–Trinajstić information content (AvgIpc) is 2.33. The summed E-state index contributed by atoms with van der Waals surface area (Å²) in [4.78, 5) is 0. The number of alkyl halides is 1. The Morgan fingerprint density at radius 1 is 1.06 bits per heavy atom. The first-order chi connectivity index (χ1) is 8.51. The summed E-state index contributed by atoms with van der Waals surface area (Å²) < 4.78 is 26.3. The number of benzene rings is 1. The van der Waals surface area contributed by atoms with Gasteiger partial charge >= 0.3 is 0 Å². The highest BCUT2D eigenvalue weighted by Gasteiger charge is 2.23. The lowest BCUT2D eigenvalue weighted by Crippen LogP contribution is -2.09. The predicted octanol–water partition coefficient (Wildman–Crippen LogP) is 6.11. The van der Waals surface area contributed by atoms with Gasteiger partial charge < -0.3 is 0 Å². The van der Waals surface area contributed by atoms with Crippen LogP contribution < -0.4 is 0 Å². The average molecular weight is 295 g/mol. The van der Waals surface area contributed by atoms with Crippen molar-refractivity contribution < 1.29 is 8.78 Å². The Morgan fingerprint density at radius 3 is 2.06 bits per heavy atom. The van der Waals surface area contributed by atoms with Crippen LogP contribution in [0.2, 0.25) is 5.02 Å². The Labute approximate surface area is 117 Å². The van der Waals surface area contributed by atoms with Crippen molar-refractivity contribution >= 4 is 23.2 Å². The van der Waals surface area contributed by atoms with Gasteiger partial charge in [0.2, 0.25) is 0 Å². The molecule has 1 unspecified atom stereocenters. The minimum atomic E-state index is -0.935. The SMILES string of the molecule is CCCC(CCC)C(Cl)c1cc(F)c(F)cc1Cl. The molecular formula is C14H18Cl2F2. The highest BCUT2D eigenvalue weighted by molar-refractivity contribution is 6.32. The van der Waals surface area contributed by atoms with E-state index < -0.39 is 11.6 Å². The van der Waals surface area contributed by atoms with E-state index in [2.05, 4.69) is 13.8 Å². The minimum Gasteiger partial charge on any atom is -0.204 e. The zero-order valence-electron chi connectivity index (χ0n) is 10.6. The molecule has 4 heteroatoms. The molecule has 0 radical (unpaired) electrons. The van der Waals surface area contributed by atoms with Crippen LogP contribution in [-0.2, 0) is 0 Å². The fraction of sp³-hybridized carbons (Fsp3) is 0.571. The van der Waals surface area contributed by atoms with E-state index in [0.29, 0.717) is 5.56 Å². The van der Waals surface area contributed by atoms with Crippen LogP contribution in [0.4, 0.5) is 8.78 Å². The number of hydrogen-bond acceptors (Lipinski definition) is 0. The van der Waals surface area contributed by atoms with Gasteiger partial charge in [-0.3, -0.25) is 0 Å². The molecule has 0 bridgehead atoms. The molecule has 102 valence electrons. The third-order valence-corrected chi connectivity index (χ3v) is 3.99. The van der Waals surface area contributed by atoms with Crippen LogP contribution in [0.5, 0.6) is 0 Å². The van der Waals surface area contributed by atoms with Crippen LogP contribution in [0.3, 0.4) is 0 Å². The van der Waals surface area contributed by atoms with Gasteiger partial charge in [0.05, 0.1) is 5.38 Å². The van der Waals surface area contributed by atoms with Crippen LogP contribution in [-0.4, -0.2) is 0 Å². The van der Waals surface area contributed by atoms with Gasteiger partial charge in [-0.05, 0) is 36.5 Å². The summed E-state index contributed by atoms with van der Waals surface area (Å²) in [5, 5.41) is -0.168. The first-order valence-electron chi connectivity index (χ1n) is 6.29. The number of hydrogen-bond donors (Lipinski definition) is 0. The van der Waals surface area contributed by atoms with Crippen LogP contribution in [0.25, 0.3) is 0 Å². The largest absolute Gasteiger partial charge is 0.204 e. The maximum atomic E-state index is 13.3. The minimum absolute atomic E-state index is 0.200. The quantitative estimate of drug-likeness (QED) is 0.438. The summed E-state index contributed by atoms with van der Waals surface area (Å²) in [5.41, 5.74) is 0.490. The van der Waals surface area contributed by atoms with E-state index in [9.17, 15) is 8.78 Å². The van der Waals surface area contributed by atoms with Gasteiger partial charge in [0, 0.05) is 5.02 Å². The summed E-state index contributed by atoms with van der Waals surface area (Å²) in [6.07, 6.45) is 3.93. The fourth-order valence-corrected chi connectivity index (χ4v) is 2.94. The van der Waals surface area contributed by atoms with E-state index in [1.54, 1.807) is 0 Å². The lowest BCUT2D eigenvalue weighted by molar-refractivity contribution is 0.424. The molecule has 0 spiro atoms. The molecule has 0 aliphatic heterocycles. The second kappa shape index (κ2) is 7.30. The topological polar surface area (TPSA) is 0 Å². The van der Waals surface area contributed by atoms with Crippen LogP contribution in [0.15, 0.2) is 12.1 Å². The molecule has 0 saturated carbocycles. The maximum Gasteiger partial charge on any atom is 0.160 e. The molecule has 0 saturated heterocycles. The van der Waals surface area contributed by atoms with E-state index >= 15 is 0 Å². The predicted molar refractivity (Wildman–Crippen MR) is 73.3 cm³/mol. The standard InChI is InChI=1S/C14H18Cl2F2/c1-3-5-9(6-4-2)14(16)10-7-12(17)13(18)8-11(10)15/h7-9,14H,3-6H2,1-2H3. The second-order valence-electron chi connectivity index (χ2n) is 4.53. The molecule has 1 rings (SSSR count).